The van der Waals surface area contributed by atoms with Gasteiger partial charge in [0.25, 0.3) is 11.1 Å². The third-order valence-corrected chi connectivity index (χ3v) is 8.49. The number of carbonyl (C=O) groups is 1. The van der Waals surface area contributed by atoms with Gasteiger partial charge in [-0.15, -0.1) is 0 Å². The van der Waals surface area contributed by atoms with Gasteiger partial charge in [0, 0.05) is 14.1 Å². The molecule has 0 radical (unpaired) electrons. The van der Waals surface area contributed by atoms with Crippen LogP contribution in [0.3, 0.4) is 0 Å². The fraction of sp³-hybridized carbons (Fsp3) is 0.571. The van der Waals surface area contributed by atoms with Crippen LogP contribution < -0.4 is 10.1 Å². The van der Waals surface area contributed by atoms with Crippen molar-refractivity contribution in [1.82, 2.24) is 15.3 Å². The minimum Gasteiger partial charge on any atom is -0.473 e. The molecule has 0 spiro atoms. The Morgan fingerprint density at radius 2 is 2.19 bits per heavy atom. The summed E-state index contributed by atoms with van der Waals surface area (Å²) in [7, 11) is 0.626. The fourth-order valence-corrected chi connectivity index (χ4v) is 6.09. The van der Waals surface area contributed by atoms with Gasteiger partial charge in [0.15, 0.2) is 0 Å². The topological polar surface area (TPSA) is 67.0 Å². The van der Waals surface area contributed by atoms with Crippen molar-refractivity contribution in [3.63, 3.8) is 0 Å². The minimum absolute atomic E-state index is 0.0226. The van der Waals surface area contributed by atoms with E-state index in [1.54, 1.807) is 13.2 Å². The summed E-state index contributed by atoms with van der Waals surface area (Å²) < 4.78 is 5.09. The van der Waals surface area contributed by atoms with Crippen molar-refractivity contribution < 1.29 is 9.53 Å². The highest BCUT2D eigenvalue weighted by atomic mass is 32.1. The molecule has 0 atom stereocenters. The molecule has 2 N–H and O–H groups in total. The average Bonchev–Trinajstić information content (AvgIpc) is 2.99. The van der Waals surface area contributed by atoms with E-state index in [1.807, 2.05) is 0 Å². The SMILES string of the molecule is COc1nc2cc(C(=O)NC3CC[Si](C)(C)CC3)[nH]c2s1. The first-order valence-corrected chi connectivity index (χ1v) is 11.5. The van der Waals surface area contributed by atoms with Gasteiger partial charge >= 0.3 is 0 Å². The van der Waals surface area contributed by atoms with Gasteiger partial charge in [0.05, 0.1) is 7.11 Å². The summed E-state index contributed by atoms with van der Waals surface area (Å²) in [5.41, 5.74) is 1.38. The number of aromatic amines is 1. The number of ether oxygens (including phenoxy) is 1. The lowest BCUT2D eigenvalue weighted by Gasteiger charge is -2.33. The molecule has 1 aliphatic heterocycles. The molecule has 3 rings (SSSR count). The number of nitrogens with zero attached hydrogens (tertiary/aromatic N) is 1. The van der Waals surface area contributed by atoms with Gasteiger partial charge in [0.1, 0.15) is 16.0 Å². The molecule has 3 heterocycles. The number of methoxy groups -OCH3 is 1. The molecular weight excluding hydrogens is 302 g/mol. The van der Waals surface area contributed by atoms with E-state index in [0.717, 1.165) is 23.2 Å². The summed E-state index contributed by atoms with van der Waals surface area (Å²) in [5, 5.41) is 3.76. The maximum atomic E-state index is 12.3. The summed E-state index contributed by atoms with van der Waals surface area (Å²) >= 11 is 1.42. The summed E-state index contributed by atoms with van der Waals surface area (Å²) in [6, 6.07) is 4.72. The molecule has 0 saturated carbocycles. The van der Waals surface area contributed by atoms with Gasteiger partial charge in [-0.2, -0.15) is 0 Å². The second kappa shape index (κ2) is 5.45. The molecule has 2 aromatic heterocycles. The predicted molar refractivity (Wildman–Crippen MR) is 88.1 cm³/mol. The number of hydrogen-bond donors (Lipinski definition) is 2. The van der Waals surface area contributed by atoms with Crippen LogP contribution in [0.4, 0.5) is 0 Å². The van der Waals surface area contributed by atoms with Crippen LogP contribution in [-0.4, -0.2) is 37.1 Å². The standard InChI is InChI=1S/C14H21N3O2SSi/c1-19-14-17-11-8-10(16-13(11)20-14)12(18)15-9-4-6-21(2,3)7-5-9/h8-9,16H,4-7H2,1-3H3,(H,15,18). The Kier molecular flexibility index (Phi) is 3.79. The number of carbonyl (C=O) groups excluding carboxylic acids is 1. The van der Waals surface area contributed by atoms with Gasteiger partial charge in [-0.1, -0.05) is 36.5 Å². The third-order valence-electron chi connectivity index (χ3n) is 4.26. The zero-order valence-electron chi connectivity index (χ0n) is 12.7. The first kappa shape index (κ1) is 14.6. The summed E-state index contributed by atoms with van der Waals surface area (Å²) in [6.07, 6.45) is 2.23. The molecule has 1 fully saturated rings. The summed E-state index contributed by atoms with van der Waals surface area (Å²) in [6.45, 7) is 4.87. The quantitative estimate of drug-likeness (QED) is 0.852. The van der Waals surface area contributed by atoms with E-state index in [1.165, 1.54) is 23.4 Å². The number of nitrogens with one attached hydrogen (secondary N) is 2. The first-order chi connectivity index (χ1) is 9.97. The molecule has 7 heteroatoms. The van der Waals surface area contributed by atoms with E-state index in [-0.39, 0.29) is 5.91 Å². The first-order valence-electron chi connectivity index (χ1n) is 7.31. The molecule has 0 unspecified atom stereocenters. The number of H-pyrrole nitrogens is 1. The minimum atomic E-state index is -0.970. The number of rotatable bonds is 3. The number of aromatic nitrogens is 2. The third kappa shape index (κ3) is 3.13. The molecule has 2 aromatic rings. The molecule has 1 saturated heterocycles. The number of hydrogen-bond acceptors (Lipinski definition) is 4. The van der Waals surface area contributed by atoms with Crippen LogP contribution in [0.2, 0.25) is 25.2 Å². The van der Waals surface area contributed by atoms with Crippen molar-refractivity contribution in [3.8, 4) is 5.19 Å². The predicted octanol–water partition coefficient (Wildman–Crippen LogP) is 3.23. The van der Waals surface area contributed by atoms with Gasteiger partial charge < -0.3 is 15.0 Å². The van der Waals surface area contributed by atoms with Crippen LogP contribution in [0, 0.1) is 0 Å². The number of amides is 1. The zero-order valence-corrected chi connectivity index (χ0v) is 14.5. The van der Waals surface area contributed by atoms with E-state index in [4.69, 9.17) is 4.74 Å². The van der Waals surface area contributed by atoms with Gasteiger partial charge in [-0.05, 0) is 18.9 Å². The summed E-state index contributed by atoms with van der Waals surface area (Å²) in [5.74, 6) is -0.0226. The highest BCUT2D eigenvalue weighted by molar-refractivity contribution is 7.19. The molecule has 0 bridgehead atoms. The van der Waals surface area contributed by atoms with Crippen molar-refractivity contribution in [1.29, 1.82) is 0 Å². The van der Waals surface area contributed by atoms with E-state index in [9.17, 15) is 4.79 Å². The Hall–Kier alpha value is -1.34. The van der Waals surface area contributed by atoms with Gasteiger partial charge in [-0.3, -0.25) is 4.79 Å². The van der Waals surface area contributed by atoms with Crippen LogP contribution in [0.15, 0.2) is 6.07 Å². The molecular formula is C14H21N3O2SSi. The van der Waals surface area contributed by atoms with Crippen molar-refractivity contribution in [2.75, 3.05) is 7.11 Å². The van der Waals surface area contributed by atoms with Crippen LogP contribution in [0.5, 0.6) is 5.19 Å². The van der Waals surface area contributed by atoms with Crippen molar-refractivity contribution in [3.05, 3.63) is 11.8 Å². The van der Waals surface area contributed by atoms with Gasteiger partial charge in [0.2, 0.25) is 0 Å². The smallest absolute Gasteiger partial charge is 0.275 e. The molecule has 5 nitrogen and oxygen atoms in total. The Balaban J connectivity index is 1.65. The monoisotopic (exact) mass is 323 g/mol. The van der Waals surface area contributed by atoms with Crippen LogP contribution in [0.25, 0.3) is 10.3 Å². The maximum absolute atomic E-state index is 12.3. The summed E-state index contributed by atoms with van der Waals surface area (Å²) in [4.78, 5) is 20.6. The van der Waals surface area contributed by atoms with E-state index in [2.05, 4.69) is 28.4 Å². The Bertz CT molecular complexity index is 623. The highest BCUT2D eigenvalue weighted by Crippen LogP contribution is 2.29. The fourth-order valence-electron chi connectivity index (χ4n) is 2.81. The normalized spacial score (nSPS) is 18.8. The molecule has 0 aromatic carbocycles. The number of fused-ring (bicyclic) bond motifs is 1. The molecule has 0 aliphatic carbocycles. The molecule has 21 heavy (non-hydrogen) atoms. The maximum Gasteiger partial charge on any atom is 0.275 e. The zero-order chi connectivity index (χ0) is 15.0. The van der Waals surface area contributed by atoms with Crippen molar-refractivity contribution in [2.24, 2.45) is 0 Å². The largest absolute Gasteiger partial charge is 0.473 e. The van der Waals surface area contributed by atoms with Crippen LogP contribution >= 0.6 is 11.3 Å². The van der Waals surface area contributed by atoms with E-state index >= 15 is 0 Å². The lowest BCUT2D eigenvalue weighted by Crippen LogP contribution is -2.42. The lowest BCUT2D eigenvalue weighted by atomic mass is 10.1. The second-order valence-electron chi connectivity index (χ2n) is 6.49. The van der Waals surface area contributed by atoms with Gasteiger partial charge in [-0.25, -0.2) is 4.98 Å². The average molecular weight is 323 g/mol. The molecule has 1 amide bonds. The van der Waals surface area contributed by atoms with Crippen molar-refractivity contribution >= 4 is 35.7 Å². The van der Waals surface area contributed by atoms with E-state index in [0.29, 0.717) is 16.9 Å². The Morgan fingerprint density at radius 3 is 2.81 bits per heavy atom. The second-order valence-corrected chi connectivity index (χ2v) is 12.8. The van der Waals surface area contributed by atoms with Crippen LogP contribution in [0.1, 0.15) is 23.3 Å². The molecule has 114 valence electrons. The van der Waals surface area contributed by atoms with E-state index < -0.39 is 8.07 Å². The van der Waals surface area contributed by atoms with Crippen molar-refractivity contribution in [2.45, 2.75) is 44.1 Å². The highest BCUT2D eigenvalue weighted by Gasteiger charge is 2.29. The lowest BCUT2D eigenvalue weighted by molar-refractivity contribution is 0.0929. The molecule has 1 aliphatic rings. The Morgan fingerprint density at radius 1 is 1.48 bits per heavy atom. The Labute approximate surface area is 129 Å². The van der Waals surface area contributed by atoms with Crippen LogP contribution in [-0.2, 0) is 0 Å². The number of thiazole rings is 1.